The van der Waals surface area contributed by atoms with Crippen LogP contribution in [0.3, 0.4) is 0 Å². The highest BCUT2D eigenvalue weighted by atomic mass is 14.3. The molecule has 0 unspecified atom stereocenters. The number of hydrogen-bond donors (Lipinski definition) is 0. The number of fused-ring (bicyclic) bond motifs is 4. The second-order valence-electron chi connectivity index (χ2n) is 25.1. The summed E-state index contributed by atoms with van der Waals surface area (Å²) >= 11 is 0. The molecule has 0 saturated heterocycles. The lowest BCUT2D eigenvalue weighted by Gasteiger charge is -2.19. The van der Waals surface area contributed by atoms with Crippen molar-refractivity contribution >= 4 is 172 Å². The van der Waals surface area contributed by atoms with E-state index in [0.29, 0.717) is 38.4 Å². The first-order chi connectivity index (χ1) is 70.8. The van der Waals surface area contributed by atoms with Gasteiger partial charge in [0.25, 0.3) is 0 Å². The van der Waals surface area contributed by atoms with Gasteiger partial charge in [-0.15, -0.1) is 0 Å². The molecule has 24 aromatic rings. The largest absolute Gasteiger partial charge is 0.0636 e. The maximum absolute atomic E-state index is 10.4. The molecule has 0 nitrogen and oxygen atoms in total. The fraction of sp³-hybridized carbons (Fsp3) is 0. The summed E-state index contributed by atoms with van der Waals surface area (Å²) in [5.41, 5.74) is -3.34. The Kier molecular flexibility index (Phi) is 6.10. The molecule has 0 aliphatic carbocycles. The van der Waals surface area contributed by atoms with Crippen molar-refractivity contribution in [3.63, 3.8) is 0 Å². The predicted molar refractivity (Wildman–Crippen MR) is 450 cm³/mol. The van der Waals surface area contributed by atoms with Gasteiger partial charge >= 0.3 is 0 Å². The van der Waals surface area contributed by atoms with Gasteiger partial charge < -0.3 is 0 Å². The topological polar surface area (TPSA) is 0 Å². The number of rotatable bonds is 6. The Morgan fingerprint density at radius 3 is 1.03 bits per heavy atom. The molecule has 24 rings (SSSR count). The normalized spacial score (nSPS) is 18.4. The van der Waals surface area contributed by atoms with E-state index in [1.165, 1.54) is 6.07 Å². The van der Waals surface area contributed by atoms with Crippen LogP contribution in [0.25, 0.3) is 239 Å². The summed E-state index contributed by atoms with van der Waals surface area (Å²) in [5.74, 6) is 0. The van der Waals surface area contributed by atoms with E-state index in [4.69, 9.17) is 32.9 Å². The van der Waals surface area contributed by atoms with E-state index < -0.39 is 340 Å². The zero-order valence-corrected chi connectivity index (χ0v) is 53.1. The van der Waals surface area contributed by atoms with E-state index in [1.807, 2.05) is 54.6 Å². The van der Waals surface area contributed by atoms with Crippen LogP contribution in [0.2, 0.25) is 0 Å². The first kappa shape index (κ1) is 28.8. The van der Waals surface area contributed by atoms with Crippen LogP contribution in [0.4, 0.5) is 0 Å². The summed E-state index contributed by atoms with van der Waals surface area (Å²) in [5, 5.41) is -5.33. The van der Waals surface area contributed by atoms with Crippen molar-refractivity contribution in [1.82, 2.24) is 0 Å². The van der Waals surface area contributed by atoms with Crippen LogP contribution < -0.4 is 0 Å². The quantitative estimate of drug-likeness (QED) is 0.146. The summed E-state index contributed by atoms with van der Waals surface area (Å²) < 4.78 is 425. The lowest BCUT2D eigenvalue weighted by molar-refractivity contribution is 1.64. The van der Waals surface area contributed by atoms with Gasteiger partial charge in [0.2, 0.25) is 0 Å². The standard InChI is InChI=1S/2C52H30/c2*1-2-8-38-29-48(43-24-20-36-18-16-32-11-6-13-34-22-26-45(43)52(36)50(32)34)46(28-37(38)7-1)40-27-39-9-3-4-14-41(39)47(30-40)42-23-19-35-17-15-31-10-5-12-33-21-25-44(42)51(35)49(31)33/h2*1-30H/i1D,2D,3D,4D,5D,6D,7D,8D,9D,11D,12D,13D,14D,15D,16D,17D,18D,19D,20D,21D,22D,23D,24D,25D,26D,27D,28D,29D,30D;5D,6D,11D,12D,13D,15D,16D,17D,18D,19D,20D,21D,22D,23D,24D,25D,26D. The molecule has 0 aliphatic heterocycles. The molecule has 0 atom stereocenters. The van der Waals surface area contributed by atoms with Crippen molar-refractivity contribution in [3.8, 4) is 66.8 Å². The maximum atomic E-state index is 10.4. The summed E-state index contributed by atoms with van der Waals surface area (Å²) in [7, 11) is 0. The Balaban J connectivity index is 0.000000166. The molecule has 0 radical (unpaired) electrons. The minimum Gasteiger partial charge on any atom is -0.0616 e. The average molecular weight is 1360 g/mol. The van der Waals surface area contributed by atoms with Crippen molar-refractivity contribution in [2.24, 2.45) is 0 Å². The van der Waals surface area contributed by atoms with Gasteiger partial charge in [0.15, 0.2) is 0 Å². The van der Waals surface area contributed by atoms with Gasteiger partial charge in [-0.3, -0.25) is 0 Å². The molecule has 0 aliphatic rings. The van der Waals surface area contributed by atoms with Gasteiger partial charge in [-0.1, -0.05) is 314 Å². The Bertz CT molecular complexity index is 10600. The van der Waals surface area contributed by atoms with Gasteiger partial charge in [0.1, 0.15) is 0 Å². The minimum absolute atomic E-state index is 0.0125. The molecule has 0 bridgehead atoms. The number of benzene rings is 24. The fourth-order valence-corrected chi connectivity index (χ4v) is 15.0. The first-order valence-corrected chi connectivity index (χ1v) is 32.6. The van der Waals surface area contributed by atoms with Gasteiger partial charge in [-0.05, 0) is 288 Å². The monoisotopic (exact) mass is 1350 g/mol. The third kappa shape index (κ3) is 8.49. The molecule has 0 saturated carbocycles. The highest BCUT2D eigenvalue weighted by molar-refractivity contribution is 6.31. The Hall–Kier alpha value is -13.5. The molecule has 0 fully saturated rings. The smallest absolute Gasteiger partial charge is 0.0616 e. The second-order valence-corrected chi connectivity index (χ2v) is 25.1. The van der Waals surface area contributed by atoms with Crippen LogP contribution >= 0.6 is 0 Å². The SMILES string of the molecule is [2H]c1cc2c([2H])c([2H])c3c([2H])c([2H])c(-c4c([2H])c(-c5c(-c6c([2H])c([2H])c7c([2H])c([2H])c8c([2H])c([2H])c([2H])c9c([2H])c([2H])c6c7c89)c([2H])c6c([2H])c([2H])c([2H])c([2H])c6c5[2H])c([2H])c5c([2H])c([2H])c([2H])c([2H])c45)c4c([2H])c([2H])c(c1[2H])c2c34.[2H]c1cc2c([2H])c([2H])c3c([2H])c([2H])c(-c4cc(-c5cc6ccccc6cc5-c5c([2H])c([2H])c6c([2H])c([2H])c7c([2H])c([2H])c([2H])c8c([2H])c([2H])c5c6c78)cc5ccccc45)c4c([2H])c([2H])c(c1[2H])c2c34. The molecule has 476 valence electrons. The number of hydrogen-bond acceptors (Lipinski definition) is 0. The Labute approximate surface area is 663 Å². The predicted octanol–water partition coefficient (Wildman–Crippen LogP) is 29.6. The van der Waals surface area contributed by atoms with Crippen molar-refractivity contribution in [3.05, 3.63) is 363 Å². The van der Waals surface area contributed by atoms with E-state index in [1.54, 1.807) is 18.2 Å². The summed E-state index contributed by atoms with van der Waals surface area (Å²) in [4.78, 5) is 0. The lowest BCUT2D eigenvalue weighted by atomic mass is 9.84. The van der Waals surface area contributed by atoms with Crippen molar-refractivity contribution in [2.75, 3.05) is 0 Å². The van der Waals surface area contributed by atoms with Crippen LogP contribution in [0.15, 0.2) is 363 Å². The summed E-state index contributed by atoms with van der Waals surface area (Å²) in [6, 6.07) is -8.36. The van der Waals surface area contributed by atoms with Crippen LogP contribution in [0, 0.1) is 0 Å². The third-order valence-electron chi connectivity index (χ3n) is 19.6. The Morgan fingerprint density at radius 1 is 0.144 bits per heavy atom. The maximum Gasteiger partial charge on any atom is 0.0636 e. The van der Waals surface area contributed by atoms with E-state index in [9.17, 15) is 30.2 Å². The molecule has 24 aromatic carbocycles. The summed E-state index contributed by atoms with van der Waals surface area (Å²) in [6.07, 6.45) is 0. The zero-order valence-electron chi connectivity index (χ0n) is 99.1. The first-order valence-electron chi connectivity index (χ1n) is 55.6. The van der Waals surface area contributed by atoms with Crippen molar-refractivity contribution < 1.29 is 63.1 Å². The zero-order chi connectivity index (χ0) is 108. The van der Waals surface area contributed by atoms with E-state index in [-0.39, 0.29) is 133 Å². The van der Waals surface area contributed by atoms with Crippen LogP contribution in [0.1, 0.15) is 63.1 Å². The van der Waals surface area contributed by atoms with E-state index >= 15 is 0 Å². The average Bonchev–Trinajstić information content (AvgIpc) is 0.678. The lowest BCUT2D eigenvalue weighted by Crippen LogP contribution is -1.92. The van der Waals surface area contributed by atoms with Gasteiger partial charge in [0, 0.05) is 0 Å². The van der Waals surface area contributed by atoms with Crippen molar-refractivity contribution in [1.29, 1.82) is 0 Å². The van der Waals surface area contributed by atoms with Gasteiger partial charge in [0.05, 0.1) is 63.1 Å². The molecule has 104 heavy (non-hydrogen) atoms. The van der Waals surface area contributed by atoms with E-state index in [0.717, 1.165) is 11.5 Å². The fourth-order valence-electron chi connectivity index (χ4n) is 15.0. The molecule has 0 spiro atoms. The van der Waals surface area contributed by atoms with Crippen molar-refractivity contribution in [2.45, 2.75) is 0 Å². The molecule has 0 aromatic heterocycles. The highest BCUT2D eigenvalue weighted by Crippen LogP contribution is 2.50. The van der Waals surface area contributed by atoms with Gasteiger partial charge in [-0.25, -0.2) is 0 Å². The van der Waals surface area contributed by atoms with Crippen LogP contribution in [-0.2, 0) is 0 Å². The molecular formula is C104H60. The van der Waals surface area contributed by atoms with Crippen LogP contribution in [-0.4, -0.2) is 0 Å². The highest BCUT2D eigenvalue weighted by Gasteiger charge is 2.23. The molecule has 0 heterocycles. The third-order valence-corrected chi connectivity index (χ3v) is 19.6. The molecular weight excluding hydrogens is 1250 g/mol. The summed E-state index contributed by atoms with van der Waals surface area (Å²) in [6.45, 7) is 0. The molecule has 0 amide bonds. The Morgan fingerprint density at radius 2 is 0.510 bits per heavy atom. The molecule has 0 N–H and O–H groups in total. The second kappa shape index (κ2) is 22.0. The minimum atomic E-state index is -1.11. The van der Waals surface area contributed by atoms with Gasteiger partial charge in [-0.2, -0.15) is 0 Å². The molecule has 0 heteroatoms. The van der Waals surface area contributed by atoms with Crippen LogP contribution in [0.5, 0.6) is 0 Å². The van der Waals surface area contributed by atoms with E-state index in [2.05, 4.69) is 0 Å².